The molecule has 2 rings (SSSR count). The van der Waals surface area contributed by atoms with E-state index in [1.807, 2.05) is 23.6 Å². The zero-order valence-corrected chi connectivity index (χ0v) is 10.6. The Morgan fingerprint density at radius 3 is 2.82 bits per heavy atom. The number of benzene rings is 1. The molecule has 1 aromatic heterocycles. The lowest BCUT2D eigenvalue weighted by Gasteiger charge is -2.15. The van der Waals surface area contributed by atoms with E-state index in [2.05, 4.69) is 4.98 Å². The summed E-state index contributed by atoms with van der Waals surface area (Å²) in [6.07, 6.45) is -0.632. The number of rotatable bonds is 3. The Labute approximate surface area is 105 Å². The molecule has 0 saturated carbocycles. The molecule has 0 bridgehead atoms. The van der Waals surface area contributed by atoms with E-state index < -0.39 is 12.1 Å². The number of aliphatic hydroxyl groups is 1. The first kappa shape index (κ1) is 12.4. The molecule has 1 aromatic carbocycles. The minimum atomic E-state index is -0.632. The first-order chi connectivity index (χ1) is 8.04. The van der Waals surface area contributed by atoms with Gasteiger partial charge in [0.25, 0.3) is 0 Å². The first-order valence-corrected chi connectivity index (χ1v) is 6.01. The zero-order valence-electron chi connectivity index (χ0n) is 9.89. The maximum atomic E-state index is 9.57. The molecule has 2 atom stereocenters. The molecule has 0 radical (unpaired) electrons. The van der Waals surface area contributed by atoms with Crippen LogP contribution in [-0.2, 0) is 6.54 Å². The van der Waals surface area contributed by atoms with Crippen molar-refractivity contribution < 1.29 is 5.11 Å². The molecule has 4 nitrogen and oxygen atoms in total. The van der Waals surface area contributed by atoms with Gasteiger partial charge in [-0.1, -0.05) is 11.6 Å². The number of aryl methyl sites for hydroxylation is 1. The molecule has 0 spiro atoms. The van der Waals surface area contributed by atoms with E-state index in [0.717, 1.165) is 17.6 Å². The molecule has 0 amide bonds. The Kier molecular flexibility index (Phi) is 3.38. The number of imidazole rings is 1. The van der Waals surface area contributed by atoms with E-state index in [4.69, 9.17) is 17.3 Å². The third-order valence-corrected chi connectivity index (χ3v) is 3.11. The van der Waals surface area contributed by atoms with E-state index in [0.29, 0.717) is 10.8 Å². The number of hydrogen-bond donors (Lipinski definition) is 2. The quantitative estimate of drug-likeness (QED) is 0.880. The van der Waals surface area contributed by atoms with Crippen molar-refractivity contribution in [2.24, 2.45) is 5.73 Å². The Morgan fingerprint density at radius 1 is 1.53 bits per heavy atom. The van der Waals surface area contributed by atoms with Gasteiger partial charge in [-0.2, -0.15) is 0 Å². The summed E-state index contributed by atoms with van der Waals surface area (Å²) in [7, 11) is 0. The van der Waals surface area contributed by atoms with Crippen LogP contribution >= 0.6 is 11.6 Å². The SMILES string of the molecule is CCn1c(C(N)C(C)O)nc2cc(Cl)ccc21. The van der Waals surface area contributed by atoms with Crippen LogP contribution in [0.15, 0.2) is 18.2 Å². The van der Waals surface area contributed by atoms with Gasteiger partial charge in [-0.15, -0.1) is 0 Å². The monoisotopic (exact) mass is 253 g/mol. The van der Waals surface area contributed by atoms with Gasteiger partial charge in [-0.3, -0.25) is 0 Å². The first-order valence-electron chi connectivity index (χ1n) is 5.64. The number of aromatic nitrogens is 2. The summed E-state index contributed by atoms with van der Waals surface area (Å²) >= 11 is 5.94. The summed E-state index contributed by atoms with van der Waals surface area (Å²) in [4.78, 5) is 4.46. The fourth-order valence-corrected chi connectivity index (χ4v) is 2.09. The van der Waals surface area contributed by atoms with Crippen molar-refractivity contribution in [3.8, 4) is 0 Å². The standard InChI is InChI=1S/C12H16ClN3O/c1-3-16-10-5-4-8(13)6-9(10)15-12(16)11(14)7(2)17/h4-7,11,17H,3,14H2,1-2H3. The predicted octanol–water partition coefficient (Wildman–Crippen LogP) is 2.09. The molecular weight excluding hydrogens is 238 g/mol. The van der Waals surface area contributed by atoms with Gasteiger partial charge in [0.05, 0.1) is 23.2 Å². The molecule has 5 heteroatoms. The largest absolute Gasteiger partial charge is 0.391 e. The highest BCUT2D eigenvalue weighted by Gasteiger charge is 2.20. The Morgan fingerprint density at radius 2 is 2.24 bits per heavy atom. The Balaban J connectivity index is 2.63. The molecule has 92 valence electrons. The van der Waals surface area contributed by atoms with E-state index in [9.17, 15) is 5.11 Å². The predicted molar refractivity (Wildman–Crippen MR) is 69.0 cm³/mol. The Hall–Kier alpha value is -1.10. The third-order valence-electron chi connectivity index (χ3n) is 2.87. The number of nitrogens with two attached hydrogens (primary N) is 1. The third kappa shape index (κ3) is 2.16. The van der Waals surface area contributed by atoms with Gasteiger partial charge >= 0.3 is 0 Å². The molecule has 3 N–H and O–H groups in total. The van der Waals surface area contributed by atoms with Crippen LogP contribution in [0.1, 0.15) is 25.7 Å². The van der Waals surface area contributed by atoms with Gasteiger partial charge in [-0.05, 0) is 32.0 Å². The zero-order chi connectivity index (χ0) is 12.6. The molecule has 1 heterocycles. The van der Waals surface area contributed by atoms with Crippen molar-refractivity contribution in [1.82, 2.24) is 9.55 Å². The van der Waals surface area contributed by atoms with E-state index in [1.54, 1.807) is 13.0 Å². The molecule has 2 unspecified atom stereocenters. The van der Waals surface area contributed by atoms with Crippen molar-refractivity contribution in [2.45, 2.75) is 32.5 Å². The maximum Gasteiger partial charge on any atom is 0.129 e. The van der Waals surface area contributed by atoms with Crippen LogP contribution < -0.4 is 5.73 Å². The van der Waals surface area contributed by atoms with Crippen LogP contribution in [0.25, 0.3) is 11.0 Å². The average molecular weight is 254 g/mol. The van der Waals surface area contributed by atoms with Gasteiger partial charge in [-0.25, -0.2) is 4.98 Å². The topological polar surface area (TPSA) is 64.1 Å². The highest BCUT2D eigenvalue weighted by Crippen LogP contribution is 2.24. The van der Waals surface area contributed by atoms with Crippen molar-refractivity contribution in [3.05, 3.63) is 29.0 Å². The van der Waals surface area contributed by atoms with Crippen LogP contribution in [0, 0.1) is 0 Å². The second kappa shape index (κ2) is 4.64. The van der Waals surface area contributed by atoms with Crippen molar-refractivity contribution in [2.75, 3.05) is 0 Å². The lowest BCUT2D eigenvalue weighted by atomic mass is 10.2. The van der Waals surface area contributed by atoms with Crippen LogP contribution in [-0.4, -0.2) is 20.8 Å². The lowest BCUT2D eigenvalue weighted by molar-refractivity contribution is 0.159. The summed E-state index contributed by atoms with van der Waals surface area (Å²) in [5.74, 6) is 0.694. The molecule has 2 aromatic rings. The molecule has 0 aliphatic carbocycles. The summed E-state index contributed by atoms with van der Waals surface area (Å²) in [5, 5.41) is 10.2. The molecule has 17 heavy (non-hydrogen) atoms. The molecular formula is C12H16ClN3O. The summed E-state index contributed by atoms with van der Waals surface area (Å²) < 4.78 is 2.00. The van der Waals surface area contributed by atoms with Gasteiger partial charge in [0.15, 0.2) is 0 Å². The number of fused-ring (bicyclic) bond motifs is 1. The van der Waals surface area contributed by atoms with Gasteiger partial charge in [0.1, 0.15) is 5.82 Å². The van der Waals surface area contributed by atoms with Crippen LogP contribution in [0.4, 0.5) is 0 Å². The summed E-state index contributed by atoms with van der Waals surface area (Å²) in [6, 6.07) is 5.07. The minimum absolute atomic E-state index is 0.485. The van der Waals surface area contributed by atoms with Crippen molar-refractivity contribution >= 4 is 22.6 Å². The maximum absolute atomic E-state index is 9.57. The highest BCUT2D eigenvalue weighted by molar-refractivity contribution is 6.31. The molecule has 0 saturated heterocycles. The Bertz CT molecular complexity index is 536. The summed E-state index contributed by atoms with van der Waals surface area (Å²) in [6.45, 7) is 4.44. The number of nitrogens with zero attached hydrogens (tertiary/aromatic N) is 2. The van der Waals surface area contributed by atoms with Gasteiger partial charge < -0.3 is 15.4 Å². The second-order valence-electron chi connectivity index (χ2n) is 4.11. The van der Waals surface area contributed by atoms with Crippen molar-refractivity contribution in [3.63, 3.8) is 0 Å². The average Bonchev–Trinajstić information content (AvgIpc) is 2.64. The van der Waals surface area contributed by atoms with E-state index in [-0.39, 0.29) is 0 Å². The van der Waals surface area contributed by atoms with E-state index >= 15 is 0 Å². The molecule has 0 fully saturated rings. The summed E-state index contributed by atoms with van der Waals surface area (Å²) in [5.41, 5.74) is 7.75. The molecule has 0 aliphatic heterocycles. The lowest BCUT2D eigenvalue weighted by Crippen LogP contribution is -2.26. The normalized spacial score (nSPS) is 15.1. The smallest absolute Gasteiger partial charge is 0.129 e. The number of halogens is 1. The van der Waals surface area contributed by atoms with E-state index in [1.165, 1.54) is 0 Å². The number of hydrogen-bond acceptors (Lipinski definition) is 3. The molecule has 0 aliphatic rings. The van der Waals surface area contributed by atoms with Gasteiger partial charge in [0, 0.05) is 11.6 Å². The fourth-order valence-electron chi connectivity index (χ4n) is 1.92. The fraction of sp³-hybridized carbons (Fsp3) is 0.417. The minimum Gasteiger partial charge on any atom is -0.391 e. The number of aliphatic hydroxyl groups excluding tert-OH is 1. The van der Waals surface area contributed by atoms with Gasteiger partial charge in [0.2, 0.25) is 0 Å². The highest BCUT2D eigenvalue weighted by atomic mass is 35.5. The van der Waals surface area contributed by atoms with Crippen LogP contribution in [0.5, 0.6) is 0 Å². The van der Waals surface area contributed by atoms with Crippen molar-refractivity contribution in [1.29, 1.82) is 0 Å². The van der Waals surface area contributed by atoms with Crippen LogP contribution in [0.3, 0.4) is 0 Å². The second-order valence-corrected chi connectivity index (χ2v) is 4.55. The van der Waals surface area contributed by atoms with Crippen LogP contribution in [0.2, 0.25) is 5.02 Å².